The van der Waals surface area contributed by atoms with Gasteiger partial charge in [0.1, 0.15) is 11.6 Å². The van der Waals surface area contributed by atoms with E-state index in [4.69, 9.17) is 4.74 Å². The summed E-state index contributed by atoms with van der Waals surface area (Å²) in [5.41, 5.74) is -0.679. The van der Waals surface area contributed by atoms with Crippen LogP contribution < -0.4 is 10.2 Å². The van der Waals surface area contributed by atoms with Crippen LogP contribution in [0.2, 0.25) is 0 Å². The van der Waals surface area contributed by atoms with Crippen LogP contribution in [-0.4, -0.2) is 38.8 Å². The molecule has 1 aliphatic rings. The van der Waals surface area contributed by atoms with E-state index in [2.05, 4.69) is 10.3 Å². The second-order valence-corrected chi connectivity index (χ2v) is 4.90. The molecule has 4 nitrogen and oxygen atoms in total. The van der Waals surface area contributed by atoms with Gasteiger partial charge in [0, 0.05) is 33.2 Å². The highest BCUT2D eigenvalue weighted by Gasteiger charge is 2.33. The van der Waals surface area contributed by atoms with Crippen LogP contribution in [-0.2, 0) is 10.9 Å². The van der Waals surface area contributed by atoms with Gasteiger partial charge in [-0.3, -0.25) is 0 Å². The summed E-state index contributed by atoms with van der Waals surface area (Å²) in [7, 11) is 3.19. The highest BCUT2D eigenvalue weighted by atomic mass is 19.4. The maximum atomic E-state index is 12.9. The third-order valence-corrected chi connectivity index (χ3v) is 3.41. The highest BCUT2D eigenvalue weighted by Crippen LogP contribution is 2.34. The zero-order valence-electron chi connectivity index (χ0n) is 11.5. The van der Waals surface area contributed by atoms with Crippen LogP contribution in [0.15, 0.2) is 12.1 Å². The lowest BCUT2D eigenvalue weighted by Crippen LogP contribution is -2.23. The van der Waals surface area contributed by atoms with E-state index in [1.165, 1.54) is 0 Å². The van der Waals surface area contributed by atoms with Crippen molar-refractivity contribution < 1.29 is 17.9 Å². The van der Waals surface area contributed by atoms with Crippen LogP contribution in [0.5, 0.6) is 0 Å². The molecule has 0 aromatic carbocycles. The van der Waals surface area contributed by atoms with E-state index in [1.54, 1.807) is 14.2 Å². The van der Waals surface area contributed by atoms with Gasteiger partial charge in [0.05, 0.1) is 12.2 Å². The molecular formula is C13H18F3N3O. The van der Waals surface area contributed by atoms with Crippen molar-refractivity contribution in [1.82, 2.24) is 4.98 Å². The first-order valence-electron chi connectivity index (χ1n) is 6.45. The fourth-order valence-corrected chi connectivity index (χ4v) is 2.38. The van der Waals surface area contributed by atoms with Crippen molar-refractivity contribution in [3.63, 3.8) is 0 Å². The third kappa shape index (κ3) is 3.33. The van der Waals surface area contributed by atoms with E-state index >= 15 is 0 Å². The van der Waals surface area contributed by atoms with Crippen LogP contribution in [0.3, 0.4) is 0 Å². The summed E-state index contributed by atoms with van der Waals surface area (Å²) in [6.45, 7) is 1.99. The molecule has 2 heterocycles. The number of aromatic nitrogens is 1. The lowest BCUT2D eigenvalue weighted by Gasteiger charge is -2.20. The van der Waals surface area contributed by atoms with Crippen molar-refractivity contribution in [2.45, 2.75) is 12.6 Å². The molecule has 1 aromatic rings. The average molecular weight is 289 g/mol. The molecule has 112 valence electrons. The summed E-state index contributed by atoms with van der Waals surface area (Å²) in [5, 5.41) is 2.68. The fourth-order valence-electron chi connectivity index (χ4n) is 2.38. The largest absolute Gasteiger partial charge is 0.416 e. The van der Waals surface area contributed by atoms with Crippen LogP contribution >= 0.6 is 0 Å². The van der Waals surface area contributed by atoms with Crippen LogP contribution in [0.4, 0.5) is 24.8 Å². The van der Waals surface area contributed by atoms with Gasteiger partial charge in [0.25, 0.3) is 0 Å². The smallest absolute Gasteiger partial charge is 0.384 e. The summed E-state index contributed by atoms with van der Waals surface area (Å²) >= 11 is 0. The Hall–Kier alpha value is -1.50. The number of anilines is 2. The standard InChI is InChI=1S/C13H18F3N3O/c1-17-11-5-10(13(14,15)16)6-12(18-11)19-4-3-9(7-19)8-20-2/h5-6,9H,3-4,7-8H2,1-2H3,(H,17,18). The van der Waals surface area contributed by atoms with Crippen molar-refractivity contribution >= 4 is 11.6 Å². The molecule has 1 aliphatic heterocycles. The number of alkyl halides is 3. The van der Waals surface area contributed by atoms with E-state index < -0.39 is 11.7 Å². The minimum absolute atomic E-state index is 0.227. The number of pyridine rings is 1. The third-order valence-electron chi connectivity index (χ3n) is 3.41. The van der Waals surface area contributed by atoms with Crippen LogP contribution in [0.1, 0.15) is 12.0 Å². The molecule has 1 aromatic heterocycles. The summed E-state index contributed by atoms with van der Waals surface area (Å²) < 4.78 is 43.7. The van der Waals surface area contributed by atoms with Gasteiger partial charge < -0.3 is 15.0 Å². The van der Waals surface area contributed by atoms with E-state index in [-0.39, 0.29) is 5.82 Å². The van der Waals surface area contributed by atoms with Crippen molar-refractivity contribution in [2.75, 3.05) is 44.1 Å². The van der Waals surface area contributed by atoms with Gasteiger partial charge in [-0.15, -0.1) is 0 Å². The van der Waals surface area contributed by atoms with Crippen molar-refractivity contribution in [3.8, 4) is 0 Å². The second-order valence-electron chi connectivity index (χ2n) is 4.90. The van der Waals surface area contributed by atoms with Gasteiger partial charge >= 0.3 is 6.18 Å². The van der Waals surface area contributed by atoms with Crippen LogP contribution in [0.25, 0.3) is 0 Å². The lowest BCUT2D eigenvalue weighted by atomic mass is 10.1. The van der Waals surface area contributed by atoms with E-state index in [1.807, 2.05) is 4.90 Å². The SMILES string of the molecule is CNc1cc(C(F)(F)F)cc(N2CCC(COC)C2)n1. The molecule has 0 radical (unpaired) electrons. The van der Waals surface area contributed by atoms with Crippen molar-refractivity contribution in [3.05, 3.63) is 17.7 Å². The predicted octanol–water partition coefficient (Wildman–Crippen LogP) is 2.61. The van der Waals surface area contributed by atoms with Gasteiger partial charge in [-0.05, 0) is 18.6 Å². The Kier molecular flexibility index (Phi) is 4.37. The van der Waals surface area contributed by atoms with Gasteiger partial charge in [-0.25, -0.2) is 4.98 Å². The van der Waals surface area contributed by atoms with Gasteiger partial charge in [-0.2, -0.15) is 13.2 Å². The van der Waals surface area contributed by atoms with Gasteiger partial charge in [-0.1, -0.05) is 0 Å². The molecule has 1 fully saturated rings. The first kappa shape index (κ1) is 14.9. The average Bonchev–Trinajstić information content (AvgIpc) is 2.86. The molecule has 0 spiro atoms. The zero-order valence-corrected chi connectivity index (χ0v) is 11.5. The Balaban J connectivity index is 2.23. The molecule has 1 N–H and O–H groups in total. The molecule has 1 saturated heterocycles. The summed E-state index contributed by atoms with van der Waals surface area (Å²) in [5.74, 6) is 0.933. The first-order chi connectivity index (χ1) is 9.44. The first-order valence-corrected chi connectivity index (χ1v) is 6.45. The fraction of sp³-hybridized carbons (Fsp3) is 0.615. The molecule has 7 heteroatoms. The Labute approximate surface area is 115 Å². The Morgan fingerprint density at radius 3 is 2.80 bits per heavy atom. The maximum Gasteiger partial charge on any atom is 0.416 e. The number of hydrogen-bond donors (Lipinski definition) is 1. The number of hydrogen-bond acceptors (Lipinski definition) is 4. The molecule has 0 amide bonds. The van der Waals surface area contributed by atoms with Crippen LogP contribution in [0, 0.1) is 5.92 Å². The lowest BCUT2D eigenvalue weighted by molar-refractivity contribution is -0.137. The number of methoxy groups -OCH3 is 1. The Bertz CT molecular complexity index is 465. The molecular weight excluding hydrogens is 271 g/mol. The number of nitrogens with one attached hydrogen (secondary N) is 1. The van der Waals surface area contributed by atoms with E-state index in [0.717, 1.165) is 18.6 Å². The zero-order chi connectivity index (χ0) is 14.8. The number of halogens is 3. The topological polar surface area (TPSA) is 37.4 Å². The van der Waals surface area contributed by atoms with Crippen molar-refractivity contribution in [1.29, 1.82) is 0 Å². The van der Waals surface area contributed by atoms with Gasteiger partial charge in [0.2, 0.25) is 0 Å². The normalized spacial score (nSPS) is 19.4. The Morgan fingerprint density at radius 2 is 2.20 bits per heavy atom. The molecule has 0 aliphatic carbocycles. The van der Waals surface area contributed by atoms with Gasteiger partial charge in [0.15, 0.2) is 0 Å². The number of ether oxygens (including phenoxy) is 1. The summed E-state index contributed by atoms with van der Waals surface area (Å²) in [4.78, 5) is 6.09. The van der Waals surface area contributed by atoms with Crippen molar-refractivity contribution in [2.24, 2.45) is 5.92 Å². The van der Waals surface area contributed by atoms with E-state index in [9.17, 15) is 13.2 Å². The molecule has 20 heavy (non-hydrogen) atoms. The number of rotatable bonds is 4. The molecule has 0 saturated carbocycles. The molecule has 0 bridgehead atoms. The van der Waals surface area contributed by atoms with E-state index in [0.29, 0.717) is 31.4 Å². The molecule has 1 unspecified atom stereocenters. The summed E-state index contributed by atoms with van der Waals surface area (Å²) in [6.07, 6.45) is -3.46. The molecule has 1 atom stereocenters. The molecule has 2 rings (SSSR count). The Morgan fingerprint density at radius 1 is 1.45 bits per heavy atom. The minimum atomic E-state index is -4.37. The highest BCUT2D eigenvalue weighted by molar-refractivity contribution is 5.51. The number of nitrogens with zero attached hydrogens (tertiary/aromatic N) is 2. The summed E-state index contributed by atoms with van der Waals surface area (Å²) in [6, 6.07) is 2.13. The second kappa shape index (κ2) is 5.87. The predicted molar refractivity (Wildman–Crippen MR) is 71.0 cm³/mol. The quantitative estimate of drug-likeness (QED) is 0.924. The minimum Gasteiger partial charge on any atom is -0.384 e. The maximum absolute atomic E-state index is 12.9. The monoisotopic (exact) mass is 289 g/mol.